The number of carbonyl (C=O) groups is 2. The van der Waals surface area contributed by atoms with Gasteiger partial charge in [0.15, 0.2) is 12.2 Å². The van der Waals surface area contributed by atoms with Crippen molar-refractivity contribution in [3.05, 3.63) is 35.4 Å². The molecular formula is C14H20N2O7. The lowest BCUT2D eigenvalue weighted by Crippen LogP contribution is -2.40. The molecular weight excluding hydrogens is 308 g/mol. The summed E-state index contributed by atoms with van der Waals surface area (Å²) in [4.78, 5) is 19.5. The van der Waals surface area contributed by atoms with Gasteiger partial charge in [-0.15, -0.1) is 0 Å². The van der Waals surface area contributed by atoms with Gasteiger partial charge in [-0.2, -0.15) is 0 Å². The van der Waals surface area contributed by atoms with Crippen molar-refractivity contribution in [3.8, 4) is 0 Å². The van der Waals surface area contributed by atoms with E-state index in [1.807, 2.05) is 24.3 Å². The summed E-state index contributed by atoms with van der Waals surface area (Å²) in [6.45, 7) is 0. The van der Waals surface area contributed by atoms with Gasteiger partial charge in [0.1, 0.15) is 0 Å². The number of aliphatic hydroxyl groups excluding tert-OH is 3. The second-order valence-electron chi connectivity index (χ2n) is 5.15. The molecule has 7 N–H and O–H groups in total. The van der Waals surface area contributed by atoms with Crippen molar-refractivity contribution < 1.29 is 35.1 Å². The monoisotopic (exact) mass is 328 g/mol. The summed E-state index contributed by atoms with van der Waals surface area (Å²) in [5.41, 5.74) is 2.22. The third kappa shape index (κ3) is 4.71. The number of fused-ring (bicyclic) bond motifs is 1. The van der Waals surface area contributed by atoms with Crippen LogP contribution in [0.5, 0.6) is 0 Å². The summed E-state index contributed by atoms with van der Waals surface area (Å²) in [6, 6.07) is 7.97. The van der Waals surface area contributed by atoms with Crippen LogP contribution in [0, 0.1) is 0 Å². The van der Waals surface area contributed by atoms with Crippen molar-refractivity contribution in [2.24, 2.45) is 5.84 Å². The molecule has 0 bridgehead atoms. The molecule has 4 atom stereocenters. The normalized spacial score (nSPS) is 21.8. The van der Waals surface area contributed by atoms with Crippen molar-refractivity contribution in [1.29, 1.82) is 0 Å². The predicted molar refractivity (Wildman–Crippen MR) is 78.1 cm³/mol. The van der Waals surface area contributed by atoms with E-state index in [1.165, 1.54) is 5.56 Å². The van der Waals surface area contributed by atoms with Crippen LogP contribution in [0.2, 0.25) is 0 Å². The lowest BCUT2D eigenvalue weighted by molar-refractivity contribution is -0.165. The van der Waals surface area contributed by atoms with Crippen LogP contribution in [-0.2, 0) is 16.0 Å². The van der Waals surface area contributed by atoms with E-state index in [4.69, 9.17) is 26.3 Å². The van der Waals surface area contributed by atoms with E-state index >= 15 is 0 Å². The van der Waals surface area contributed by atoms with Gasteiger partial charge in [0.25, 0.3) is 0 Å². The predicted octanol–water partition coefficient (Wildman–Crippen LogP) is -1.67. The largest absolute Gasteiger partial charge is 0.479 e. The number of nitrogens with two attached hydrogens (primary N) is 1. The van der Waals surface area contributed by atoms with E-state index in [0.29, 0.717) is 0 Å². The zero-order valence-electron chi connectivity index (χ0n) is 12.4. The molecule has 0 fully saturated rings. The smallest absolute Gasteiger partial charge is 0.335 e. The van der Waals surface area contributed by atoms with Crippen LogP contribution in [0.1, 0.15) is 17.2 Å². The molecule has 0 unspecified atom stereocenters. The fourth-order valence-electron chi connectivity index (χ4n) is 2.19. The standard InChI is InChI=1S/C10H14N2O.C4H6O6/c1-12(11)9-6-7-4-2-3-5-8(7)10(9)13;5-1(3(7)8)2(6)4(9)10/h2-5,9-10,13H,6,11H2,1H3;1-2,5-6H,(H,7,8)(H,9,10)/t9-,10-;1-,2-/m01/s1. The number of carboxylic acids is 2. The topological polar surface area (TPSA) is 165 Å². The van der Waals surface area contributed by atoms with Crippen LogP contribution < -0.4 is 5.84 Å². The first-order chi connectivity index (χ1) is 10.7. The van der Waals surface area contributed by atoms with Gasteiger partial charge < -0.3 is 25.5 Å². The van der Waals surface area contributed by atoms with Gasteiger partial charge in [0.2, 0.25) is 0 Å². The van der Waals surface area contributed by atoms with Crippen LogP contribution >= 0.6 is 0 Å². The summed E-state index contributed by atoms with van der Waals surface area (Å²) in [5, 5.41) is 44.0. The molecule has 9 heteroatoms. The highest BCUT2D eigenvalue weighted by atomic mass is 16.4. The fourth-order valence-corrected chi connectivity index (χ4v) is 2.19. The minimum atomic E-state index is -2.27. The third-order valence-electron chi connectivity index (χ3n) is 3.50. The average molecular weight is 328 g/mol. The third-order valence-corrected chi connectivity index (χ3v) is 3.50. The second kappa shape index (κ2) is 7.99. The summed E-state index contributed by atoms with van der Waals surface area (Å²) >= 11 is 0. The van der Waals surface area contributed by atoms with Crippen molar-refractivity contribution in [2.75, 3.05) is 7.05 Å². The average Bonchev–Trinajstić information content (AvgIpc) is 2.84. The molecule has 128 valence electrons. The highest BCUT2D eigenvalue weighted by Crippen LogP contribution is 2.32. The second-order valence-corrected chi connectivity index (χ2v) is 5.15. The molecule has 0 spiro atoms. The molecule has 23 heavy (non-hydrogen) atoms. The molecule has 0 saturated carbocycles. The fraction of sp³-hybridized carbons (Fsp3) is 0.429. The number of hydrogen-bond acceptors (Lipinski definition) is 7. The quantitative estimate of drug-likeness (QED) is 0.280. The number of benzene rings is 1. The summed E-state index contributed by atoms with van der Waals surface area (Å²) in [6.07, 6.45) is -4.13. The molecule has 0 amide bonds. The van der Waals surface area contributed by atoms with Gasteiger partial charge in [-0.05, 0) is 17.5 Å². The molecule has 0 aromatic heterocycles. The maximum absolute atomic E-state index is 9.89. The molecule has 1 aromatic rings. The molecule has 0 radical (unpaired) electrons. The van der Waals surface area contributed by atoms with Crippen LogP contribution in [0.25, 0.3) is 0 Å². The van der Waals surface area contributed by atoms with Crippen LogP contribution in [0.15, 0.2) is 24.3 Å². The Morgan fingerprint density at radius 2 is 1.65 bits per heavy atom. The lowest BCUT2D eigenvalue weighted by Gasteiger charge is -2.21. The molecule has 2 rings (SSSR count). The maximum atomic E-state index is 9.89. The van der Waals surface area contributed by atoms with Crippen molar-refractivity contribution >= 4 is 11.9 Å². The first-order valence-electron chi connectivity index (χ1n) is 6.72. The van der Waals surface area contributed by atoms with Gasteiger partial charge in [0.05, 0.1) is 12.1 Å². The molecule has 1 aromatic carbocycles. The van der Waals surface area contributed by atoms with Crippen LogP contribution in [0.4, 0.5) is 0 Å². The summed E-state index contributed by atoms with van der Waals surface area (Å²) < 4.78 is 0. The highest BCUT2D eigenvalue weighted by Gasteiger charge is 2.32. The molecule has 0 heterocycles. The number of aliphatic hydroxyl groups is 3. The van der Waals surface area contributed by atoms with Gasteiger partial charge in [0, 0.05) is 7.05 Å². The Kier molecular flexibility index (Phi) is 6.61. The van der Waals surface area contributed by atoms with Crippen molar-refractivity contribution in [3.63, 3.8) is 0 Å². The van der Waals surface area contributed by atoms with E-state index in [-0.39, 0.29) is 6.04 Å². The number of rotatable bonds is 4. The Balaban J connectivity index is 0.000000241. The molecule has 9 nitrogen and oxygen atoms in total. The zero-order chi connectivity index (χ0) is 17.7. The van der Waals surface area contributed by atoms with E-state index < -0.39 is 30.3 Å². The van der Waals surface area contributed by atoms with Crippen molar-refractivity contribution in [2.45, 2.75) is 30.8 Å². The SMILES string of the molecule is CN(N)[C@H]1Cc2ccccc2[C@@H]1O.O=C(O)[C@H](O)[C@@H](O)C(=O)O. The van der Waals surface area contributed by atoms with E-state index in [0.717, 1.165) is 12.0 Å². The van der Waals surface area contributed by atoms with Gasteiger partial charge in [-0.3, -0.25) is 5.84 Å². The van der Waals surface area contributed by atoms with Gasteiger partial charge in [-0.25, -0.2) is 14.6 Å². The number of carboxylic acid groups (broad SMARTS) is 2. The minimum absolute atomic E-state index is 0.0254. The van der Waals surface area contributed by atoms with Crippen LogP contribution in [0.3, 0.4) is 0 Å². The highest BCUT2D eigenvalue weighted by molar-refractivity contribution is 5.83. The number of likely N-dealkylation sites (N-methyl/N-ethyl adjacent to an activating group) is 1. The Labute approximate surface area is 132 Å². The Morgan fingerprint density at radius 3 is 2.04 bits per heavy atom. The lowest BCUT2D eigenvalue weighted by atomic mass is 10.1. The molecule has 0 aliphatic heterocycles. The summed E-state index contributed by atoms with van der Waals surface area (Å²) in [7, 11) is 1.79. The minimum Gasteiger partial charge on any atom is -0.479 e. The van der Waals surface area contributed by atoms with E-state index in [9.17, 15) is 14.7 Å². The summed E-state index contributed by atoms with van der Waals surface area (Å²) in [5.74, 6) is 2.10. The maximum Gasteiger partial charge on any atom is 0.335 e. The number of hydrazine groups is 1. The Hall–Kier alpha value is -2.04. The number of aliphatic carboxylic acids is 2. The number of hydrogen-bond donors (Lipinski definition) is 6. The molecule has 0 saturated heterocycles. The van der Waals surface area contributed by atoms with Crippen LogP contribution in [-0.4, -0.2) is 67.8 Å². The first-order valence-corrected chi connectivity index (χ1v) is 6.72. The first kappa shape index (κ1) is 19.0. The molecule has 1 aliphatic carbocycles. The van der Waals surface area contributed by atoms with E-state index in [1.54, 1.807) is 12.1 Å². The number of nitrogens with zero attached hydrogens (tertiary/aromatic N) is 1. The van der Waals surface area contributed by atoms with E-state index in [2.05, 4.69) is 0 Å². The Bertz CT molecular complexity index is 546. The van der Waals surface area contributed by atoms with Gasteiger partial charge in [-0.1, -0.05) is 24.3 Å². The van der Waals surface area contributed by atoms with Gasteiger partial charge >= 0.3 is 11.9 Å². The molecule has 1 aliphatic rings. The zero-order valence-corrected chi connectivity index (χ0v) is 12.4. The Morgan fingerprint density at radius 1 is 1.17 bits per heavy atom. The van der Waals surface area contributed by atoms with Crippen molar-refractivity contribution in [1.82, 2.24) is 5.01 Å².